The molecular weight excluding hydrogens is 378 g/mol. The second-order valence-corrected chi connectivity index (χ2v) is 7.37. The molecule has 1 atom stereocenters. The average Bonchev–Trinajstić information content (AvgIpc) is 2.75. The number of amides is 1. The zero-order chi connectivity index (χ0) is 21.7. The Kier molecular flexibility index (Phi) is 6.26. The summed E-state index contributed by atoms with van der Waals surface area (Å²) in [4.78, 5) is 29.6. The molecule has 30 heavy (non-hydrogen) atoms. The first-order valence-electron chi connectivity index (χ1n) is 9.48. The average molecular weight is 401 g/mol. The first-order valence-corrected chi connectivity index (χ1v) is 9.48. The van der Waals surface area contributed by atoms with Crippen molar-refractivity contribution in [3.8, 4) is 23.1 Å². The Hall–Kier alpha value is -3.53. The number of pyridine rings is 1. The summed E-state index contributed by atoms with van der Waals surface area (Å²) in [7, 11) is 3.72. The molecule has 1 aromatic heterocycles. The van der Waals surface area contributed by atoms with Crippen molar-refractivity contribution in [1.29, 1.82) is 0 Å². The Labute approximate surface area is 175 Å². The van der Waals surface area contributed by atoms with Crippen LogP contribution in [0.1, 0.15) is 22.5 Å². The van der Waals surface area contributed by atoms with E-state index in [0.717, 1.165) is 10.9 Å². The van der Waals surface area contributed by atoms with Crippen LogP contribution in [0.25, 0.3) is 22.0 Å². The van der Waals surface area contributed by atoms with Crippen LogP contribution in [0.3, 0.4) is 0 Å². The molecule has 0 radical (unpaired) electrons. The first-order chi connectivity index (χ1) is 14.3. The quantitative estimate of drug-likeness (QED) is 0.488. The number of nitrogens with zero attached hydrogens (tertiary/aromatic N) is 2. The molecule has 0 aliphatic carbocycles. The largest absolute Gasteiger partial charge is 0.371 e. The van der Waals surface area contributed by atoms with Crippen LogP contribution in [-0.4, -0.2) is 53.4 Å². The third-order valence-electron chi connectivity index (χ3n) is 4.69. The van der Waals surface area contributed by atoms with Crippen molar-refractivity contribution in [1.82, 2.24) is 9.88 Å². The predicted molar refractivity (Wildman–Crippen MR) is 117 cm³/mol. The molecule has 0 spiro atoms. The number of hydrogen-bond acceptors (Lipinski definition) is 5. The molecule has 1 amide bonds. The molecule has 152 valence electrons. The Morgan fingerprint density at radius 2 is 1.97 bits per heavy atom. The number of rotatable bonds is 6. The number of carbonyl (C=O) groups is 2. The number of aliphatic hydroxyl groups is 1. The number of fused-ring (bicyclic) bond motifs is 1. The van der Waals surface area contributed by atoms with Crippen LogP contribution < -0.4 is 5.73 Å². The molecule has 0 fully saturated rings. The first kappa shape index (κ1) is 21.2. The van der Waals surface area contributed by atoms with Crippen molar-refractivity contribution in [3.63, 3.8) is 0 Å². The molecule has 0 unspecified atom stereocenters. The molecule has 2 aromatic carbocycles. The van der Waals surface area contributed by atoms with Gasteiger partial charge in [-0.2, -0.15) is 0 Å². The van der Waals surface area contributed by atoms with Gasteiger partial charge in [0.1, 0.15) is 5.69 Å². The van der Waals surface area contributed by atoms with Crippen LogP contribution in [-0.2, 0) is 4.79 Å². The Morgan fingerprint density at radius 1 is 1.20 bits per heavy atom. The lowest BCUT2D eigenvalue weighted by molar-refractivity contribution is -0.119. The van der Waals surface area contributed by atoms with E-state index in [2.05, 4.69) is 16.8 Å². The van der Waals surface area contributed by atoms with Gasteiger partial charge in [0.25, 0.3) is 5.91 Å². The van der Waals surface area contributed by atoms with Crippen molar-refractivity contribution >= 4 is 23.0 Å². The van der Waals surface area contributed by atoms with Gasteiger partial charge in [0.15, 0.2) is 11.9 Å². The molecule has 3 rings (SSSR count). The van der Waals surface area contributed by atoms with Gasteiger partial charge >= 0.3 is 0 Å². The minimum atomic E-state index is -1.71. The lowest BCUT2D eigenvalue weighted by atomic mass is 10.0. The Bertz CT molecular complexity index is 1160. The predicted octanol–water partition coefficient (Wildman–Crippen LogP) is 2.23. The molecule has 3 aromatic rings. The fraction of sp³-hybridized carbons (Fsp3) is 0.208. The van der Waals surface area contributed by atoms with Crippen LogP contribution in [0, 0.1) is 11.8 Å². The zero-order valence-electron chi connectivity index (χ0n) is 16.9. The SMILES string of the molecule is CN(C)CC[C@@](O)(C#Cc1cccc(-c2cc3ccccc3c(C(N)=O)n2)c1)C=O. The maximum atomic E-state index is 11.9. The summed E-state index contributed by atoms with van der Waals surface area (Å²) in [6, 6.07) is 16.5. The van der Waals surface area contributed by atoms with E-state index < -0.39 is 11.5 Å². The van der Waals surface area contributed by atoms with Gasteiger partial charge in [-0.15, -0.1) is 0 Å². The summed E-state index contributed by atoms with van der Waals surface area (Å²) in [6.07, 6.45) is 0.682. The van der Waals surface area contributed by atoms with E-state index in [0.29, 0.717) is 29.5 Å². The summed E-state index contributed by atoms with van der Waals surface area (Å²) in [5.41, 5.74) is 5.98. The summed E-state index contributed by atoms with van der Waals surface area (Å²) in [5.74, 6) is 4.95. The highest BCUT2D eigenvalue weighted by Crippen LogP contribution is 2.25. The number of aldehydes is 1. The number of hydrogen-bond donors (Lipinski definition) is 2. The molecule has 6 nitrogen and oxygen atoms in total. The monoisotopic (exact) mass is 401 g/mol. The molecule has 1 heterocycles. The van der Waals surface area contributed by atoms with Crippen LogP contribution in [0.5, 0.6) is 0 Å². The van der Waals surface area contributed by atoms with Gasteiger partial charge in [-0.05, 0) is 37.7 Å². The van der Waals surface area contributed by atoms with Crippen molar-refractivity contribution in [2.24, 2.45) is 5.73 Å². The van der Waals surface area contributed by atoms with E-state index in [9.17, 15) is 14.7 Å². The van der Waals surface area contributed by atoms with E-state index >= 15 is 0 Å². The van der Waals surface area contributed by atoms with Gasteiger partial charge < -0.3 is 15.7 Å². The van der Waals surface area contributed by atoms with Gasteiger partial charge in [0.05, 0.1) is 5.69 Å². The van der Waals surface area contributed by atoms with E-state index in [1.54, 1.807) is 18.2 Å². The molecule has 0 saturated heterocycles. The normalized spacial score (nSPS) is 12.8. The van der Waals surface area contributed by atoms with E-state index in [1.165, 1.54) is 0 Å². The van der Waals surface area contributed by atoms with E-state index in [1.807, 2.05) is 55.4 Å². The van der Waals surface area contributed by atoms with Gasteiger partial charge in [-0.1, -0.05) is 48.2 Å². The third kappa shape index (κ3) is 4.90. The van der Waals surface area contributed by atoms with Crippen LogP contribution in [0.15, 0.2) is 54.6 Å². The second kappa shape index (κ2) is 8.87. The van der Waals surface area contributed by atoms with Crippen molar-refractivity contribution in [3.05, 3.63) is 65.9 Å². The molecule has 0 aliphatic heterocycles. The third-order valence-corrected chi connectivity index (χ3v) is 4.69. The smallest absolute Gasteiger partial charge is 0.267 e. The molecule has 0 saturated carbocycles. The lowest BCUT2D eigenvalue weighted by Crippen LogP contribution is -2.33. The number of benzene rings is 2. The molecule has 6 heteroatoms. The summed E-state index contributed by atoms with van der Waals surface area (Å²) < 4.78 is 0. The van der Waals surface area contributed by atoms with Crippen LogP contribution in [0.2, 0.25) is 0 Å². The molecular formula is C24H23N3O3. The number of nitrogens with two attached hydrogens (primary N) is 1. The van der Waals surface area contributed by atoms with E-state index in [4.69, 9.17) is 5.73 Å². The maximum Gasteiger partial charge on any atom is 0.267 e. The van der Waals surface area contributed by atoms with E-state index in [-0.39, 0.29) is 12.1 Å². The Balaban J connectivity index is 1.99. The van der Waals surface area contributed by atoms with Crippen molar-refractivity contribution in [2.75, 3.05) is 20.6 Å². The fourth-order valence-corrected chi connectivity index (χ4v) is 3.02. The Morgan fingerprint density at radius 3 is 2.67 bits per heavy atom. The summed E-state index contributed by atoms with van der Waals surface area (Å²) >= 11 is 0. The van der Waals surface area contributed by atoms with Gasteiger partial charge in [-0.25, -0.2) is 4.98 Å². The number of aromatic nitrogens is 1. The fourth-order valence-electron chi connectivity index (χ4n) is 3.02. The summed E-state index contributed by atoms with van der Waals surface area (Å²) in [5, 5.41) is 11.9. The number of primary amides is 1. The standard InChI is InChI=1S/C24H23N3O3/c1-27(2)13-12-24(30,16-28)11-10-17-6-5-8-19(14-17)21-15-18-7-3-4-9-20(18)22(26-21)23(25)29/h3-9,14-16,30H,12-13H2,1-2H3,(H2,25,29)/t24-/m0/s1. The highest BCUT2D eigenvalue weighted by molar-refractivity contribution is 6.05. The molecule has 3 N–H and O–H groups in total. The second-order valence-electron chi connectivity index (χ2n) is 7.37. The van der Waals surface area contributed by atoms with Crippen LogP contribution >= 0.6 is 0 Å². The van der Waals surface area contributed by atoms with Crippen molar-refractivity contribution in [2.45, 2.75) is 12.0 Å². The topological polar surface area (TPSA) is 96.5 Å². The lowest BCUT2D eigenvalue weighted by Gasteiger charge is -2.17. The van der Waals surface area contributed by atoms with Gasteiger partial charge in [0, 0.05) is 29.5 Å². The highest BCUT2D eigenvalue weighted by Gasteiger charge is 2.23. The highest BCUT2D eigenvalue weighted by atomic mass is 16.3. The molecule has 0 aliphatic rings. The maximum absolute atomic E-state index is 11.9. The minimum absolute atomic E-state index is 0.207. The van der Waals surface area contributed by atoms with Crippen LogP contribution in [0.4, 0.5) is 0 Å². The van der Waals surface area contributed by atoms with Gasteiger partial charge in [0.2, 0.25) is 0 Å². The molecule has 0 bridgehead atoms. The van der Waals surface area contributed by atoms with Gasteiger partial charge in [-0.3, -0.25) is 9.59 Å². The summed E-state index contributed by atoms with van der Waals surface area (Å²) in [6.45, 7) is 0.529. The minimum Gasteiger partial charge on any atom is -0.371 e. The zero-order valence-corrected chi connectivity index (χ0v) is 16.9. The number of carbonyl (C=O) groups excluding carboxylic acids is 2. The van der Waals surface area contributed by atoms with Crippen molar-refractivity contribution < 1.29 is 14.7 Å².